The molecule has 1 N–H and O–H groups in total. The quantitative estimate of drug-likeness (QED) is 0.747. The van der Waals surface area contributed by atoms with E-state index in [2.05, 4.69) is 22.3 Å². The summed E-state index contributed by atoms with van der Waals surface area (Å²) in [4.78, 5) is 28.4. The molecular formula is C22H27N3O3. The van der Waals surface area contributed by atoms with Gasteiger partial charge in [-0.2, -0.15) is 0 Å². The van der Waals surface area contributed by atoms with Gasteiger partial charge in [0.05, 0.1) is 12.2 Å². The van der Waals surface area contributed by atoms with Crippen LogP contribution < -0.4 is 10.2 Å². The van der Waals surface area contributed by atoms with E-state index >= 15 is 0 Å². The van der Waals surface area contributed by atoms with Crippen molar-refractivity contribution in [2.24, 2.45) is 0 Å². The average Bonchev–Trinajstić information content (AvgIpc) is 2.75. The number of nitrogens with one attached hydrogen (secondary N) is 1. The molecule has 1 heterocycles. The fourth-order valence-corrected chi connectivity index (χ4v) is 3.26. The van der Waals surface area contributed by atoms with E-state index in [4.69, 9.17) is 4.74 Å². The van der Waals surface area contributed by atoms with Crippen LogP contribution >= 0.6 is 0 Å². The topological polar surface area (TPSA) is 61.9 Å². The largest absolute Gasteiger partial charge is 0.462 e. The molecule has 0 atom stereocenters. The number of carbonyl (C=O) groups is 2. The Kier molecular flexibility index (Phi) is 6.89. The fourth-order valence-electron chi connectivity index (χ4n) is 3.26. The predicted molar refractivity (Wildman–Crippen MR) is 111 cm³/mol. The van der Waals surface area contributed by atoms with Crippen molar-refractivity contribution in [3.8, 4) is 0 Å². The molecule has 0 aliphatic carbocycles. The number of amides is 1. The minimum Gasteiger partial charge on any atom is -0.462 e. The van der Waals surface area contributed by atoms with Gasteiger partial charge in [-0.05, 0) is 43.3 Å². The highest BCUT2D eigenvalue weighted by atomic mass is 16.5. The number of carbonyl (C=O) groups excluding carboxylic acids is 2. The van der Waals surface area contributed by atoms with Gasteiger partial charge >= 0.3 is 5.97 Å². The van der Waals surface area contributed by atoms with Gasteiger partial charge in [0.2, 0.25) is 5.91 Å². The first-order chi connectivity index (χ1) is 13.7. The molecular weight excluding hydrogens is 354 g/mol. The summed E-state index contributed by atoms with van der Waals surface area (Å²) >= 11 is 0. The molecule has 2 aromatic carbocycles. The van der Waals surface area contributed by atoms with Crippen LogP contribution in [0.2, 0.25) is 0 Å². The van der Waals surface area contributed by atoms with Crippen LogP contribution in [-0.2, 0) is 9.53 Å². The smallest absolute Gasteiger partial charge is 0.338 e. The van der Waals surface area contributed by atoms with Gasteiger partial charge in [0.1, 0.15) is 0 Å². The lowest BCUT2D eigenvalue weighted by Crippen LogP contribution is -2.49. The number of para-hydroxylation sites is 1. The Bertz CT molecular complexity index is 769. The first-order valence-electron chi connectivity index (χ1n) is 9.76. The van der Waals surface area contributed by atoms with Crippen molar-refractivity contribution in [3.05, 3.63) is 60.2 Å². The third-order valence-electron chi connectivity index (χ3n) is 4.82. The molecule has 6 heteroatoms. The minimum atomic E-state index is -0.320. The molecule has 1 saturated heterocycles. The molecule has 0 aromatic heterocycles. The number of rotatable bonds is 7. The monoisotopic (exact) mass is 381 g/mol. The summed E-state index contributed by atoms with van der Waals surface area (Å²) in [7, 11) is 0. The lowest BCUT2D eigenvalue weighted by Gasteiger charge is -2.36. The summed E-state index contributed by atoms with van der Waals surface area (Å²) in [6.45, 7) is 5.93. The molecule has 0 spiro atoms. The second-order valence-corrected chi connectivity index (χ2v) is 6.68. The Hall–Kier alpha value is -3.02. The van der Waals surface area contributed by atoms with Crippen molar-refractivity contribution in [3.63, 3.8) is 0 Å². The third-order valence-corrected chi connectivity index (χ3v) is 4.82. The Morgan fingerprint density at radius 3 is 2.29 bits per heavy atom. The summed E-state index contributed by atoms with van der Waals surface area (Å²) in [6, 6.07) is 17.4. The molecule has 148 valence electrons. The predicted octanol–water partition coefficient (Wildman–Crippen LogP) is 3.01. The summed E-state index contributed by atoms with van der Waals surface area (Å²) in [5.41, 5.74) is 2.62. The van der Waals surface area contributed by atoms with Gasteiger partial charge in [-0.25, -0.2) is 4.79 Å². The Labute approximate surface area is 166 Å². The number of piperazine rings is 1. The van der Waals surface area contributed by atoms with Gasteiger partial charge in [-0.1, -0.05) is 18.2 Å². The highest BCUT2D eigenvalue weighted by Gasteiger charge is 2.20. The number of ether oxygens (including phenoxy) is 1. The molecule has 6 nitrogen and oxygen atoms in total. The van der Waals surface area contributed by atoms with Crippen LogP contribution in [0, 0.1) is 0 Å². The van der Waals surface area contributed by atoms with Crippen LogP contribution in [-0.4, -0.2) is 56.1 Å². The van der Waals surface area contributed by atoms with E-state index in [0.717, 1.165) is 31.9 Å². The standard InChI is InChI=1S/C22H27N3O3/c1-2-28-22(27)18-8-10-19(11-9-18)23-13-12-21(26)25-16-14-24(15-17-25)20-6-4-3-5-7-20/h3-11,23H,2,12-17H2,1H3. The van der Waals surface area contributed by atoms with Crippen molar-refractivity contribution in [2.45, 2.75) is 13.3 Å². The second kappa shape index (κ2) is 9.78. The molecule has 0 saturated carbocycles. The van der Waals surface area contributed by atoms with Crippen molar-refractivity contribution < 1.29 is 14.3 Å². The van der Waals surface area contributed by atoms with Crippen molar-refractivity contribution >= 4 is 23.3 Å². The SMILES string of the molecule is CCOC(=O)c1ccc(NCCC(=O)N2CCN(c3ccccc3)CC2)cc1. The molecule has 28 heavy (non-hydrogen) atoms. The van der Waals surface area contributed by atoms with Gasteiger partial charge in [0, 0.05) is 50.5 Å². The summed E-state index contributed by atoms with van der Waals surface area (Å²) in [6.07, 6.45) is 0.449. The molecule has 1 aliphatic heterocycles. The number of esters is 1. The van der Waals surface area contributed by atoms with Crippen LogP contribution in [0.25, 0.3) is 0 Å². The van der Waals surface area contributed by atoms with Crippen LogP contribution in [0.3, 0.4) is 0 Å². The second-order valence-electron chi connectivity index (χ2n) is 6.68. The van der Waals surface area contributed by atoms with E-state index in [0.29, 0.717) is 25.1 Å². The van der Waals surface area contributed by atoms with Crippen molar-refractivity contribution in [1.29, 1.82) is 0 Å². The lowest BCUT2D eigenvalue weighted by atomic mass is 10.2. The van der Waals surface area contributed by atoms with Gasteiger partial charge in [0.25, 0.3) is 0 Å². The molecule has 2 aromatic rings. The average molecular weight is 381 g/mol. The zero-order valence-electron chi connectivity index (χ0n) is 16.3. The molecule has 0 radical (unpaired) electrons. The van der Waals surface area contributed by atoms with E-state index in [1.165, 1.54) is 5.69 Å². The Morgan fingerprint density at radius 1 is 0.964 bits per heavy atom. The van der Waals surface area contributed by atoms with E-state index in [1.54, 1.807) is 19.1 Å². The van der Waals surface area contributed by atoms with Crippen LogP contribution in [0.5, 0.6) is 0 Å². The minimum absolute atomic E-state index is 0.170. The third kappa shape index (κ3) is 5.25. The van der Waals surface area contributed by atoms with Gasteiger partial charge in [0.15, 0.2) is 0 Å². The van der Waals surface area contributed by atoms with Crippen molar-refractivity contribution in [1.82, 2.24) is 4.90 Å². The maximum atomic E-state index is 12.5. The number of benzene rings is 2. The van der Waals surface area contributed by atoms with E-state index in [1.807, 2.05) is 35.2 Å². The van der Waals surface area contributed by atoms with Crippen molar-refractivity contribution in [2.75, 3.05) is 49.5 Å². The Morgan fingerprint density at radius 2 is 1.64 bits per heavy atom. The molecule has 0 bridgehead atoms. The van der Waals surface area contributed by atoms with E-state index in [-0.39, 0.29) is 11.9 Å². The molecule has 1 amide bonds. The van der Waals surface area contributed by atoms with Gasteiger partial charge in [-0.3, -0.25) is 4.79 Å². The number of anilines is 2. The fraction of sp³-hybridized carbons (Fsp3) is 0.364. The maximum Gasteiger partial charge on any atom is 0.338 e. The first kappa shape index (κ1) is 19.7. The summed E-state index contributed by atoms with van der Waals surface area (Å²) < 4.78 is 4.97. The zero-order chi connectivity index (χ0) is 19.8. The molecule has 0 unspecified atom stereocenters. The first-order valence-corrected chi connectivity index (χ1v) is 9.76. The van der Waals surface area contributed by atoms with Crippen LogP contribution in [0.1, 0.15) is 23.7 Å². The van der Waals surface area contributed by atoms with Crippen LogP contribution in [0.4, 0.5) is 11.4 Å². The molecule has 3 rings (SSSR count). The van der Waals surface area contributed by atoms with Gasteiger partial charge in [-0.15, -0.1) is 0 Å². The number of hydrogen-bond acceptors (Lipinski definition) is 5. The van der Waals surface area contributed by atoms with E-state index in [9.17, 15) is 9.59 Å². The highest BCUT2D eigenvalue weighted by molar-refractivity contribution is 5.89. The Balaban J connectivity index is 1.40. The summed E-state index contributed by atoms with van der Waals surface area (Å²) in [5.74, 6) is -0.151. The molecule has 1 fully saturated rings. The lowest BCUT2D eigenvalue weighted by molar-refractivity contribution is -0.131. The molecule has 1 aliphatic rings. The van der Waals surface area contributed by atoms with Gasteiger partial charge < -0.3 is 19.9 Å². The normalized spacial score (nSPS) is 13.9. The highest BCUT2D eigenvalue weighted by Crippen LogP contribution is 2.16. The summed E-state index contributed by atoms with van der Waals surface area (Å²) in [5, 5.41) is 3.24. The zero-order valence-corrected chi connectivity index (χ0v) is 16.3. The van der Waals surface area contributed by atoms with Crippen LogP contribution in [0.15, 0.2) is 54.6 Å². The maximum absolute atomic E-state index is 12.5. The number of hydrogen-bond donors (Lipinski definition) is 1. The van der Waals surface area contributed by atoms with E-state index < -0.39 is 0 Å². The number of nitrogens with zero attached hydrogens (tertiary/aromatic N) is 2.